The topological polar surface area (TPSA) is 69.9 Å². The molecule has 1 aromatic carbocycles. The first-order valence-corrected chi connectivity index (χ1v) is 4.00. The van der Waals surface area contributed by atoms with Crippen LogP contribution in [0.4, 0.5) is 0 Å². The van der Waals surface area contributed by atoms with Crippen LogP contribution in [0.15, 0.2) is 24.3 Å². The molecule has 0 bridgehead atoms. The molecule has 4 nitrogen and oxygen atoms in total. The van der Waals surface area contributed by atoms with E-state index < -0.39 is 8.60 Å². The number of phenols is 1. The van der Waals surface area contributed by atoms with Crippen LogP contribution >= 0.6 is 8.60 Å². The second kappa shape index (κ2) is 3.53. The lowest BCUT2D eigenvalue weighted by atomic mass is 10.3. The molecule has 5 heteroatoms. The molecule has 1 aromatic rings. The lowest BCUT2D eigenvalue weighted by Crippen LogP contribution is -1.84. The van der Waals surface area contributed by atoms with Crippen LogP contribution in [0.2, 0.25) is 0 Å². The Bertz CT molecular complexity index is 238. The summed E-state index contributed by atoms with van der Waals surface area (Å²) in [5.74, 6) is -0.0355. The number of aromatic hydroxyl groups is 1. The van der Waals surface area contributed by atoms with Gasteiger partial charge in [-0.2, -0.15) is 0 Å². The molecule has 0 radical (unpaired) electrons. The molecule has 0 fully saturated rings. The highest BCUT2D eigenvalue weighted by atomic mass is 31.2. The van der Waals surface area contributed by atoms with Crippen LogP contribution in [0.25, 0.3) is 0 Å². The normalized spacial score (nSPS) is 10.1. The van der Waals surface area contributed by atoms with Gasteiger partial charge >= 0.3 is 8.60 Å². The Balaban J connectivity index is 2.78. The van der Waals surface area contributed by atoms with Gasteiger partial charge in [-0.3, -0.25) is 0 Å². The molecule has 0 saturated carbocycles. The number of benzene rings is 1. The summed E-state index contributed by atoms with van der Waals surface area (Å²) < 4.78 is 4.47. The molecule has 11 heavy (non-hydrogen) atoms. The van der Waals surface area contributed by atoms with E-state index in [2.05, 4.69) is 4.52 Å². The van der Waals surface area contributed by atoms with Crippen molar-refractivity contribution in [2.45, 2.75) is 0 Å². The van der Waals surface area contributed by atoms with Gasteiger partial charge in [-0.15, -0.1) is 0 Å². The minimum absolute atomic E-state index is 0.0728. The second-order valence-electron chi connectivity index (χ2n) is 1.81. The van der Waals surface area contributed by atoms with Crippen molar-refractivity contribution in [1.29, 1.82) is 0 Å². The summed E-state index contributed by atoms with van der Waals surface area (Å²) >= 11 is 0. The number of hydrogen-bond donors (Lipinski definition) is 3. The Morgan fingerprint density at radius 3 is 2.36 bits per heavy atom. The van der Waals surface area contributed by atoms with Gasteiger partial charge in [-0.1, -0.05) is 12.1 Å². The third kappa shape index (κ3) is 2.35. The Labute approximate surface area is 64.7 Å². The number of rotatable bonds is 2. The summed E-state index contributed by atoms with van der Waals surface area (Å²) in [6.45, 7) is 0. The van der Waals surface area contributed by atoms with Gasteiger partial charge in [0.05, 0.1) is 0 Å². The van der Waals surface area contributed by atoms with E-state index >= 15 is 0 Å². The zero-order valence-electron chi connectivity index (χ0n) is 5.51. The SMILES string of the molecule is Oc1ccccc1OP(O)O. The summed E-state index contributed by atoms with van der Waals surface area (Å²) in [7, 11) is -2.45. The van der Waals surface area contributed by atoms with E-state index in [1.165, 1.54) is 12.1 Å². The fourth-order valence-corrected chi connectivity index (χ4v) is 0.953. The van der Waals surface area contributed by atoms with Gasteiger partial charge in [0.2, 0.25) is 0 Å². The highest BCUT2D eigenvalue weighted by Gasteiger charge is 2.05. The van der Waals surface area contributed by atoms with Gasteiger partial charge in [0.1, 0.15) is 0 Å². The summed E-state index contributed by atoms with van der Waals surface area (Å²) in [4.78, 5) is 16.8. The second-order valence-corrected chi connectivity index (χ2v) is 2.50. The first-order valence-electron chi connectivity index (χ1n) is 2.84. The van der Waals surface area contributed by atoms with Crippen LogP contribution in [0.3, 0.4) is 0 Å². The Hall–Kier alpha value is -0.830. The van der Waals surface area contributed by atoms with Crippen molar-refractivity contribution in [3.8, 4) is 11.5 Å². The third-order valence-corrected chi connectivity index (χ3v) is 1.41. The molecule has 0 aliphatic rings. The molecule has 0 spiro atoms. The minimum Gasteiger partial charge on any atom is -0.504 e. The van der Waals surface area contributed by atoms with Gasteiger partial charge in [0.15, 0.2) is 11.5 Å². The van der Waals surface area contributed by atoms with Crippen LogP contribution in [0.1, 0.15) is 0 Å². The van der Waals surface area contributed by atoms with Crippen molar-refractivity contribution in [2.75, 3.05) is 0 Å². The molecule has 0 aliphatic carbocycles. The van der Waals surface area contributed by atoms with Gasteiger partial charge in [-0.25, -0.2) is 0 Å². The predicted molar refractivity (Wildman–Crippen MR) is 40.1 cm³/mol. The molecule has 60 valence electrons. The average Bonchev–Trinajstić information content (AvgIpc) is 1.93. The lowest BCUT2D eigenvalue weighted by molar-refractivity contribution is 0.360. The maximum atomic E-state index is 9.02. The monoisotopic (exact) mass is 174 g/mol. The van der Waals surface area contributed by atoms with E-state index in [9.17, 15) is 0 Å². The van der Waals surface area contributed by atoms with Crippen LogP contribution in [0.5, 0.6) is 11.5 Å². The van der Waals surface area contributed by atoms with Gasteiger partial charge in [-0.05, 0) is 12.1 Å². The van der Waals surface area contributed by atoms with Crippen LogP contribution in [0, 0.1) is 0 Å². The average molecular weight is 174 g/mol. The minimum atomic E-state index is -2.45. The Morgan fingerprint density at radius 1 is 1.18 bits per heavy atom. The van der Waals surface area contributed by atoms with Crippen molar-refractivity contribution in [3.05, 3.63) is 24.3 Å². The summed E-state index contributed by atoms with van der Waals surface area (Å²) in [5.41, 5.74) is 0. The zero-order chi connectivity index (χ0) is 8.27. The summed E-state index contributed by atoms with van der Waals surface area (Å²) in [5, 5.41) is 9.02. The standard InChI is InChI=1S/C6H7O4P/c7-5-3-1-2-4-6(5)10-11(8)9/h1-4,7-9H. The van der Waals surface area contributed by atoms with E-state index in [0.717, 1.165) is 0 Å². The molecule has 0 unspecified atom stereocenters. The molecular weight excluding hydrogens is 167 g/mol. The molecule has 0 amide bonds. The van der Waals surface area contributed by atoms with E-state index in [1.54, 1.807) is 12.1 Å². The van der Waals surface area contributed by atoms with Crippen LogP contribution < -0.4 is 4.52 Å². The molecular formula is C6H7O4P. The zero-order valence-corrected chi connectivity index (χ0v) is 6.40. The van der Waals surface area contributed by atoms with Crippen molar-refractivity contribution < 1.29 is 19.4 Å². The summed E-state index contributed by atoms with van der Waals surface area (Å²) in [6.07, 6.45) is 0. The van der Waals surface area contributed by atoms with Crippen molar-refractivity contribution in [1.82, 2.24) is 0 Å². The molecule has 0 heterocycles. The largest absolute Gasteiger partial charge is 0.504 e. The van der Waals surface area contributed by atoms with E-state index in [4.69, 9.17) is 14.9 Å². The quantitative estimate of drug-likeness (QED) is 0.584. The van der Waals surface area contributed by atoms with E-state index in [0.29, 0.717) is 0 Å². The number of phenolic OH excluding ortho intramolecular Hbond substituents is 1. The molecule has 0 atom stereocenters. The van der Waals surface area contributed by atoms with Gasteiger partial charge in [0, 0.05) is 0 Å². The van der Waals surface area contributed by atoms with Crippen molar-refractivity contribution in [3.63, 3.8) is 0 Å². The van der Waals surface area contributed by atoms with Crippen LogP contribution in [-0.4, -0.2) is 14.9 Å². The smallest absolute Gasteiger partial charge is 0.391 e. The highest BCUT2D eigenvalue weighted by Crippen LogP contribution is 2.34. The lowest BCUT2D eigenvalue weighted by Gasteiger charge is -2.05. The molecule has 3 N–H and O–H groups in total. The predicted octanol–water partition coefficient (Wildman–Crippen LogP) is 0.982. The first-order chi connectivity index (χ1) is 5.20. The van der Waals surface area contributed by atoms with Crippen molar-refractivity contribution >= 4 is 8.60 Å². The third-order valence-electron chi connectivity index (χ3n) is 1.05. The number of para-hydroxylation sites is 2. The summed E-state index contributed by atoms with van der Waals surface area (Å²) in [6, 6.07) is 6.07. The maximum absolute atomic E-state index is 9.02. The fraction of sp³-hybridized carbons (Fsp3) is 0. The fourth-order valence-electron chi connectivity index (χ4n) is 0.622. The van der Waals surface area contributed by atoms with Crippen LogP contribution in [-0.2, 0) is 0 Å². The van der Waals surface area contributed by atoms with E-state index in [-0.39, 0.29) is 11.5 Å². The molecule has 0 aliphatic heterocycles. The molecule has 0 aromatic heterocycles. The van der Waals surface area contributed by atoms with Crippen molar-refractivity contribution in [2.24, 2.45) is 0 Å². The molecule has 1 rings (SSSR count). The highest BCUT2D eigenvalue weighted by molar-refractivity contribution is 7.39. The van der Waals surface area contributed by atoms with E-state index in [1.807, 2.05) is 0 Å². The first kappa shape index (κ1) is 8.27. The Kier molecular flexibility index (Phi) is 2.65. The van der Waals surface area contributed by atoms with Gasteiger partial charge < -0.3 is 19.4 Å². The molecule has 0 saturated heterocycles. The Morgan fingerprint density at radius 2 is 1.82 bits per heavy atom. The number of hydrogen-bond acceptors (Lipinski definition) is 4. The maximum Gasteiger partial charge on any atom is 0.391 e. The van der Waals surface area contributed by atoms with Gasteiger partial charge in [0.25, 0.3) is 0 Å².